The lowest BCUT2D eigenvalue weighted by Gasteiger charge is -2.40. The first kappa shape index (κ1) is 15.1. The van der Waals surface area contributed by atoms with E-state index in [1.807, 2.05) is 18.2 Å². The smallest absolute Gasteiger partial charge is 0.124 e. The van der Waals surface area contributed by atoms with Crippen molar-refractivity contribution in [1.29, 1.82) is 0 Å². The average molecular weight is 279 g/mol. The molecule has 1 fully saturated rings. The van der Waals surface area contributed by atoms with Gasteiger partial charge in [-0.05, 0) is 31.0 Å². The van der Waals surface area contributed by atoms with E-state index in [2.05, 4.69) is 0 Å². The van der Waals surface area contributed by atoms with Crippen LogP contribution in [0.2, 0.25) is 0 Å². The number of aliphatic hydroxyl groups excluding tert-OH is 1. The minimum atomic E-state index is -0.613. The Labute approximate surface area is 120 Å². The van der Waals surface area contributed by atoms with Gasteiger partial charge in [0.05, 0.1) is 20.3 Å². The third-order valence-corrected chi connectivity index (χ3v) is 4.57. The van der Waals surface area contributed by atoms with Crippen LogP contribution in [0.5, 0.6) is 11.5 Å². The monoisotopic (exact) mass is 279 g/mol. The van der Waals surface area contributed by atoms with E-state index in [1.54, 1.807) is 14.2 Å². The molecule has 20 heavy (non-hydrogen) atoms. The molecule has 0 aliphatic heterocycles. The van der Waals surface area contributed by atoms with Gasteiger partial charge in [0.2, 0.25) is 0 Å². The molecule has 0 spiro atoms. The maximum atomic E-state index is 10.9. The lowest BCUT2D eigenvalue weighted by Crippen LogP contribution is -2.38. The molecule has 0 amide bonds. The molecule has 1 aliphatic rings. The number of ether oxygens (including phenoxy) is 2. The van der Waals surface area contributed by atoms with Crippen LogP contribution in [0.1, 0.15) is 43.8 Å². The highest BCUT2D eigenvalue weighted by Crippen LogP contribution is 2.47. The van der Waals surface area contributed by atoms with E-state index in [1.165, 1.54) is 6.42 Å². The van der Waals surface area contributed by atoms with Crippen LogP contribution in [-0.4, -0.2) is 25.9 Å². The first-order valence-electron chi connectivity index (χ1n) is 7.27. The molecule has 0 saturated heterocycles. The van der Waals surface area contributed by atoms with E-state index in [4.69, 9.17) is 15.2 Å². The molecule has 0 aromatic heterocycles. The molecule has 1 aliphatic carbocycles. The summed E-state index contributed by atoms with van der Waals surface area (Å²) >= 11 is 0. The van der Waals surface area contributed by atoms with Gasteiger partial charge in [0.25, 0.3) is 0 Å². The molecule has 0 heterocycles. The van der Waals surface area contributed by atoms with E-state index in [0.29, 0.717) is 12.3 Å². The number of benzene rings is 1. The highest BCUT2D eigenvalue weighted by atomic mass is 16.5. The molecule has 1 aromatic rings. The fourth-order valence-electron chi connectivity index (χ4n) is 3.23. The van der Waals surface area contributed by atoms with Crippen molar-refractivity contribution in [2.75, 3.05) is 20.8 Å². The van der Waals surface area contributed by atoms with Crippen molar-refractivity contribution < 1.29 is 14.6 Å². The molecule has 4 nitrogen and oxygen atoms in total. The summed E-state index contributed by atoms with van der Waals surface area (Å²) in [5.74, 6) is 1.42. The van der Waals surface area contributed by atoms with Gasteiger partial charge in [-0.15, -0.1) is 0 Å². The van der Waals surface area contributed by atoms with Crippen molar-refractivity contribution in [3.8, 4) is 11.5 Å². The van der Waals surface area contributed by atoms with Crippen LogP contribution in [-0.2, 0) is 0 Å². The van der Waals surface area contributed by atoms with Crippen molar-refractivity contribution in [2.45, 2.75) is 38.2 Å². The zero-order valence-electron chi connectivity index (χ0n) is 12.4. The summed E-state index contributed by atoms with van der Waals surface area (Å²) in [6.07, 6.45) is 4.79. The predicted molar refractivity (Wildman–Crippen MR) is 79.1 cm³/mol. The SMILES string of the molecule is COc1ccc(OC)c(C(O)C2(CN)CCCCC2)c1. The van der Waals surface area contributed by atoms with Gasteiger partial charge in [-0.2, -0.15) is 0 Å². The third-order valence-electron chi connectivity index (χ3n) is 4.57. The second-order valence-corrected chi connectivity index (χ2v) is 5.64. The lowest BCUT2D eigenvalue weighted by molar-refractivity contribution is -0.000822. The van der Waals surface area contributed by atoms with Crippen molar-refractivity contribution in [2.24, 2.45) is 11.1 Å². The van der Waals surface area contributed by atoms with Crippen LogP contribution in [0.25, 0.3) is 0 Å². The molecule has 1 aromatic carbocycles. The Morgan fingerprint density at radius 2 is 1.90 bits per heavy atom. The topological polar surface area (TPSA) is 64.7 Å². The Morgan fingerprint density at radius 1 is 1.20 bits per heavy atom. The fraction of sp³-hybridized carbons (Fsp3) is 0.625. The normalized spacial score (nSPS) is 19.4. The quantitative estimate of drug-likeness (QED) is 0.869. The summed E-state index contributed by atoms with van der Waals surface area (Å²) in [4.78, 5) is 0. The second-order valence-electron chi connectivity index (χ2n) is 5.64. The minimum absolute atomic E-state index is 0.238. The van der Waals surface area contributed by atoms with Crippen molar-refractivity contribution in [3.63, 3.8) is 0 Å². The summed E-state index contributed by atoms with van der Waals surface area (Å²) in [5.41, 5.74) is 6.55. The Bertz CT molecular complexity index is 441. The van der Waals surface area contributed by atoms with Crippen LogP contribution in [0.3, 0.4) is 0 Å². The lowest BCUT2D eigenvalue weighted by atomic mass is 9.68. The second kappa shape index (κ2) is 6.46. The predicted octanol–water partition coefficient (Wildman–Crippen LogP) is 2.65. The van der Waals surface area contributed by atoms with Crippen LogP contribution >= 0.6 is 0 Å². The van der Waals surface area contributed by atoms with Gasteiger partial charge < -0.3 is 20.3 Å². The highest BCUT2D eigenvalue weighted by Gasteiger charge is 2.39. The minimum Gasteiger partial charge on any atom is -0.497 e. The largest absolute Gasteiger partial charge is 0.497 e. The average Bonchev–Trinajstić information content (AvgIpc) is 2.54. The van der Waals surface area contributed by atoms with Crippen LogP contribution in [0.15, 0.2) is 18.2 Å². The molecule has 1 atom stereocenters. The van der Waals surface area contributed by atoms with E-state index in [0.717, 1.165) is 37.0 Å². The molecule has 0 radical (unpaired) electrons. The molecule has 112 valence electrons. The summed E-state index contributed by atoms with van der Waals surface area (Å²) in [7, 11) is 3.24. The summed E-state index contributed by atoms with van der Waals surface area (Å²) in [5, 5.41) is 10.9. The van der Waals surface area contributed by atoms with E-state index in [-0.39, 0.29) is 5.41 Å². The van der Waals surface area contributed by atoms with Gasteiger partial charge in [-0.1, -0.05) is 19.3 Å². The zero-order chi connectivity index (χ0) is 14.6. The van der Waals surface area contributed by atoms with Gasteiger partial charge >= 0.3 is 0 Å². The Kier molecular flexibility index (Phi) is 4.89. The van der Waals surface area contributed by atoms with Gasteiger partial charge in [-0.25, -0.2) is 0 Å². The van der Waals surface area contributed by atoms with Crippen molar-refractivity contribution >= 4 is 0 Å². The summed E-state index contributed by atoms with van der Waals surface area (Å²) in [6, 6.07) is 5.53. The molecular weight excluding hydrogens is 254 g/mol. The van der Waals surface area contributed by atoms with Crippen molar-refractivity contribution in [1.82, 2.24) is 0 Å². The third kappa shape index (κ3) is 2.76. The van der Waals surface area contributed by atoms with Gasteiger partial charge in [0.15, 0.2) is 0 Å². The molecule has 1 saturated carbocycles. The standard InChI is InChI=1S/C16H25NO3/c1-19-12-6-7-14(20-2)13(10-12)15(18)16(11-17)8-4-3-5-9-16/h6-7,10,15,18H,3-5,8-9,11,17H2,1-2H3. The van der Waals surface area contributed by atoms with Crippen LogP contribution in [0, 0.1) is 5.41 Å². The molecular formula is C16H25NO3. The Hall–Kier alpha value is -1.26. The highest BCUT2D eigenvalue weighted by molar-refractivity contribution is 5.42. The number of hydrogen-bond acceptors (Lipinski definition) is 4. The number of aliphatic hydroxyl groups is 1. The van der Waals surface area contributed by atoms with Gasteiger partial charge in [0.1, 0.15) is 11.5 Å². The van der Waals surface area contributed by atoms with Gasteiger partial charge in [0, 0.05) is 17.5 Å². The molecule has 3 N–H and O–H groups in total. The first-order valence-corrected chi connectivity index (χ1v) is 7.27. The van der Waals surface area contributed by atoms with Crippen LogP contribution < -0.4 is 15.2 Å². The van der Waals surface area contributed by atoms with Crippen molar-refractivity contribution in [3.05, 3.63) is 23.8 Å². The summed E-state index contributed by atoms with van der Waals surface area (Å²) in [6.45, 7) is 0.495. The Morgan fingerprint density at radius 3 is 2.45 bits per heavy atom. The Balaban J connectivity index is 2.37. The molecule has 4 heteroatoms. The maximum absolute atomic E-state index is 10.9. The molecule has 0 bridgehead atoms. The van der Waals surface area contributed by atoms with Gasteiger partial charge in [-0.3, -0.25) is 0 Å². The van der Waals surface area contributed by atoms with E-state index in [9.17, 15) is 5.11 Å². The number of methoxy groups -OCH3 is 2. The molecule has 2 rings (SSSR count). The number of nitrogens with two attached hydrogens (primary N) is 1. The zero-order valence-corrected chi connectivity index (χ0v) is 12.4. The van der Waals surface area contributed by atoms with E-state index < -0.39 is 6.10 Å². The van der Waals surface area contributed by atoms with E-state index >= 15 is 0 Å². The number of rotatable bonds is 5. The first-order chi connectivity index (χ1) is 9.66. The number of hydrogen-bond donors (Lipinski definition) is 2. The molecule has 1 unspecified atom stereocenters. The van der Waals surface area contributed by atoms with Crippen LogP contribution in [0.4, 0.5) is 0 Å². The maximum Gasteiger partial charge on any atom is 0.124 e. The summed E-state index contributed by atoms with van der Waals surface area (Å²) < 4.78 is 10.7. The fourth-order valence-corrected chi connectivity index (χ4v) is 3.23.